The highest BCUT2D eigenvalue weighted by Crippen LogP contribution is 2.22. The maximum Gasteiger partial charge on any atom is 0.389 e. The van der Waals surface area contributed by atoms with E-state index in [1.165, 1.54) is 11.5 Å². The lowest BCUT2D eigenvalue weighted by atomic mass is 10.2. The SMILES string of the molecule is CC(C)c1nsc(NCCCCC(F)(F)F)n1. The second-order valence-corrected chi connectivity index (χ2v) is 4.86. The summed E-state index contributed by atoms with van der Waals surface area (Å²) in [6.07, 6.45) is -4.14. The fourth-order valence-electron chi connectivity index (χ4n) is 1.19. The molecule has 0 aliphatic heterocycles. The average Bonchev–Trinajstić information content (AvgIpc) is 2.64. The maximum absolute atomic E-state index is 11.9. The van der Waals surface area contributed by atoms with Gasteiger partial charge >= 0.3 is 6.18 Å². The highest BCUT2D eigenvalue weighted by molar-refractivity contribution is 7.09. The number of hydrogen-bond donors (Lipinski definition) is 1. The van der Waals surface area contributed by atoms with Crippen molar-refractivity contribution in [2.24, 2.45) is 0 Å². The molecule has 17 heavy (non-hydrogen) atoms. The average molecular weight is 267 g/mol. The number of unbranched alkanes of at least 4 members (excludes halogenated alkanes) is 1. The smallest absolute Gasteiger partial charge is 0.360 e. The predicted molar refractivity (Wildman–Crippen MR) is 62.4 cm³/mol. The van der Waals surface area contributed by atoms with E-state index >= 15 is 0 Å². The number of aromatic nitrogens is 2. The second-order valence-electron chi connectivity index (χ2n) is 4.11. The number of nitrogens with one attached hydrogen (secondary N) is 1. The molecular weight excluding hydrogens is 251 g/mol. The Morgan fingerprint density at radius 3 is 2.53 bits per heavy atom. The third-order valence-corrected chi connectivity index (χ3v) is 2.81. The van der Waals surface area contributed by atoms with Gasteiger partial charge < -0.3 is 5.32 Å². The van der Waals surface area contributed by atoms with Crippen LogP contribution in [0.2, 0.25) is 0 Å². The lowest BCUT2D eigenvalue weighted by Crippen LogP contribution is -2.08. The van der Waals surface area contributed by atoms with Crippen molar-refractivity contribution in [2.45, 2.75) is 45.2 Å². The molecule has 1 aromatic rings. The molecule has 98 valence electrons. The van der Waals surface area contributed by atoms with Gasteiger partial charge in [-0.1, -0.05) is 13.8 Å². The van der Waals surface area contributed by atoms with E-state index in [0.29, 0.717) is 18.1 Å². The first-order valence-corrected chi connectivity index (χ1v) is 6.30. The number of hydrogen-bond acceptors (Lipinski definition) is 4. The molecular formula is C10H16F3N3S. The summed E-state index contributed by atoms with van der Waals surface area (Å²) in [5.74, 6) is 1.04. The van der Waals surface area contributed by atoms with Gasteiger partial charge in [-0.2, -0.15) is 17.5 Å². The van der Waals surface area contributed by atoms with Gasteiger partial charge in [-0.05, 0) is 12.8 Å². The van der Waals surface area contributed by atoms with E-state index in [4.69, 9.17) is 0 Å². The summed E-state index contributed by atoms with van der Waals surface area (Å²) in [6, 6.07) is 0. The number of anilines is 1. The molecule has 0 aliphatic rings. The Morgan fingerprint density at radius 1 is 1.29 bits per heavy atom. The van der Waals surface area contributed by atoms with Crippen LogP contribution in [0.4, 0.5) is 18.3 Å². The van der Waals surface area contributed by atoms with Gasteiger partial charge in [0.1, 0.15) is 5.82 Å². The van der Waals surface area contributed by atoms with Crippen LogP contribution in [0, 0.1) is 0 Å². The molecule has 0 amide bonds. The van der Waals surface area contributed by atoms with Crippen LogP contribution in [-0.4, -0.2) is 22.1 Å². The third-order valence-electron chi connectivity index (χ3n) is 2.12. The summed E-state index contributed by atoms with van der Waals surface area (Å²) < 4.78 is 39.7. The first-order chi connectivity index (χ1) is 7.88. The van der Waals surface area contributed by atoms with Crippen LogP contribution in [0.1, 0.15) is 44.9 Å². The highest BCUT2D eigenvalue weighted by atomic mass is 32.1. The van der Waals surface area contributed by atoms with Crippen LogP contribution in [0.25, 0.3) is 0 Å². The molecule has 0 aliphatic carbocycles. The van der Waals surface area contributed by atoms with Crippen LogP contribution in [0.15, 0.2) is 0 Å². The standard InChI is InChI=1S/C10H16F3N3S/c1-7(2)8-15-9(17-16-8)14-6-4-3-5-10(11,12)13/h7H,3-6H2,1-2H3,(H,14,15,16). The molecule has 1 rings (SSSR count). The van der Waals surface area contributed by atoms with E-state index in [-0.39, 0.29) is 12.3 Å². The minimum Gasteiger partial charge on any atom is -0.360 e. The molecule has 0 saturated heterocycles. The van der Waals surface area contributed by atoms with Gasteiger partial charge in [0, 0.05) is 30.4 Å². The Labute approximate surface area is 103 Å². The van der Waals surface area contributed by atoms with E-state index in [1.54, 1.807) is 0 Å². The Balaban J connectivity index is 2.18. The Kier molecular flexibility index (Phi) is 5.17. The predicted octanol–water partition coefficient (Wildman–Crippen LogP) is 3.81. The van der Waals surface area contributed by atoms with Crippen LogP contribution in [0.3, 0.4) is 0 Å². The summed E-state index contributed by atoms with van der Waals surface area (Å²) in [6.45, 7) is 4.49. The highest BCUT2D eigenvalue weighted by Gasteiger charge is 2.25. The minimum atomic E-state index is -4.05. The lowest BCUT2D eigenvalue weighted by Gasteiger charge is -2.05. The van der Waals surface area contributed by atoms with Crippen molar-refractivity contribution >= 4 is 16.7 Å². The third kappa shape index (κ3) is 5.86. The van der Waals surface area contributed by atoms with Gasteiger partial charge in [-0.25, -0.2) is 4.98 Å². The van der Waals surface area contributed by atoms with E-state index in [2.05, 4.69) is 14.7 Å². The van der Waals surface area contributed by atoms with Crippen molar-refractivity contribution in [3.8, 4) is 0 Å². The molecule has 1 N–H and O–H groups in total. The van der Waals surface area contributed by atoms with Gasteiger partial charge in [-0.3, -0.25) is 0 Å². The van der Waals surface area contributed by atoms with Gasteiger partial charge in [0.25, 0.3) is 0 Å². The van der Waals surface area contributed by atoms with E-state index in [0.717, 1.165) is 5.82 Å². The van der Waals surface area contributed by atoms with Crippen molar-refractivity contribution in [2.75, 3.05) is 11.9 Å². The molecule has 0 unspecified atom stereocenters. The molecule has 7 heteroatoms. The monoisotopic (exact) mass is 267 g/mol. The van der Waals surface area contributed by atoms with Crippen LogP contribution in [0.5, 0.6) is 0 Å². The number of nitrogens with zero attached hydrogens (tertiary/aromatic N) is 2. The molecule has 0 atom stereocenters. The first-order valence-electron chi connectivity index (χ1n) is 5.52. The zero-order chi connectivity index (χ0) is 12.9. The van der Waals surface area contributed by atoms with Crippen molar-refractivity contribution in [1.82, 2.24) is 9.36 Å². The zero-order valence-electron chi connectivity index (χ0n) is 9.84. The first kappa shape index (κ1) is 14.2. The van der Waals surface area contributed by atoms with Crippen LogP contribution in [-0.2, 0) is 0 Å². The molecule has 3 nitrogen and oxygen atoms in total. The van der Waals surface area contributed by atoms with Gasteiger partial charge in [0.05, 0.1) is 0 Å². The summed E-state index contributed by atoms with van der Waals surface area (Å²) in [5, 5.41) is 3.66. The van der Waals surface area contributed by atoms with Crippen molar-refractivity contribution < 1.29 is 13.2 Å². The normalized spacial score (nSPS) is 12.1. The van der Waals surface area contributed by atoms with Crippen LogP contribution >= 0.6 is 11.5 Å². The van der Waals surface area contributed by atoms with Crippen LogP contribution < -0.4 is 5.32 Å². The summed E-state index contributed by atoms with van der Waals surface area (Å²) in [4.78, 5) is 4.23. The van der Waals surface area contributed by atoms with Crippen molar-refractivity contribution in [3.05, 3.63) is 5.82 Å². The molecule has 0 spiro atoms. The second kappa shape index (κ2) is 6.18. The topological polar surface area (TPSA) is 37.8 Å². The Hall–Kier alpha value is -0.850. The fraction of sp³-hybridized carbons (Fsp3) is 0.800. The minimum absolute atomic E-state index is 0.145. The summed E-state index contributed by atoms with van der Waals surface area (Å²) in [5.41, 5.74) is 0. The summed E-state index contributed by atoms with van der Waals surface area (Å²) >= 11 is 1.25. The van der Waals surface area contributed by atoms with Crippen molar-refractivity contribution in [3.63, 3.8) is 0 Å². The van der Waals surface area contributed by atoms with Gasteiger partial charge in [0.15, 0.2) is 0 Å². The molecule has 0 bridgehead atoms. The number of halogens is 3. The maximum atomic E-state index is 11.9. The van der Waals surface area contributed by atoms with E-state index in [1.807, 2.05) is 13.8 Å². The molecule has 0 radical (unpaired) electrons. The summed E-state index contributed by atoms with van der Waals surface area (Å²) in [7, 11) is 0. The lowest BCUT2D eigenvalue weighted by molar-refractivity contribution is -0.135. The number of alkyl halides is 3. The Bertz CT molecular complexity index is 336. The molecule has 1 aromatic heterocycles. The van der Waals surface area contributed by atoms with Gasteiger partial charge in [-0.15, -0.1) is 0 Å². The molecule has 0 aromatic carbocycles. The molecule has 1 heterocycles. The van der Waals surface area contributed by atoms with E-state index in [9.17, 15) is 13.2 Å². The zero-order valence-corrected chi connectivity index (χ0v) is 10.7. The fourth-order valence-corrected chi connectivity index (χ4v) is 1.92. The number of rotatable bonds is 6. The van der Waals surface area contributed by atoms with E-state index < -0.39 is 12.6 Å². The largest absolute Gasteiger partial charge is 0.389 e. The van der Waals surface area contributed by atoms with Gasteiger partial charge in [0.2, 0.25) is 5.13 Å². The Morgan fingerprint density at radius 2 is 2.00 bits per heavy atom. The molecule has 0 saturated carbocycles. The quantitative estimate of drug-likeness (QED) is 0.796. The van der Waals surface area contributed by atoms with Crippen molar-refractivity contribution in [1.29, 1.82) is 0 Å². The molecule has 0 fully saturated rings.